The van der Waals surface area contributed by atoms with E-state index in [-0.39, 0.29) is 30.7 Å². The molecule has 1 atom stereocenters. The van der Waals surface area contributed by atoms with Gasteiger partial charge in [-0.2, -0.15) is 18.3 Å². The van der Waals surface area contributed by atoms with Crippen LogP contribution in [0.25, 0.3) is 0 Å². The van der Waals surface area contributed by atoms with Gasteiger partial charge in [-0.1, -0.05) is 11.2 Å². The van der Waals surface area contributed by atoms with E-state index in [1.165, 1.54) is 24.3 Å². The maximum Gasteiger partial charge on any atom is 0.435 e. The van der Waals surface area contributed by atoms with E-state index in [9.17, 15) is 26.7 Å². The van der Waals surface area contributed by atoms with Gasteiger partial charge < -0.3 is 14.5 Å². The molecule has 2 aliphatic heterocycles. The topological polar surface area (TPSA) is 81.8 Å². The van der Waals surface area contributed by atoms with Gasteiger partial charge in [0.2, 0.25) is 5.91 Å². The first-order valence-electron chi connectivity index (χ1n) is 12.2. The number of hydrogen-bond acceptors (Lipinski definition) is 7. The number of alkyl halides is 3. The molecule has 0 spiro atoms. The molecule has 39 heavy (non-hydrogen) atoms. The summed E-state index contributed by atoms with van der Waals surface area (Å²) in [5.41, 5.74) is 0.525. The lowest BCUT2D eigenvalue weighted by Crippen LogP contribution is -2.40. The normalized spacial score (nSPS) is 18.3. The van der Waals surface area contributed by atoms with Crippen molar-refractivity contribution < 1.29 is 36.3 Å². The van der Waals surface area contributed by atoms with Crippen molar-refractivity contribution in [3.8, 4) is 5.75 Å². The molecular formula is C25H24F5N5O3S. The van der Waals surface area contributed by atoms with E-state index in [1.54, 1.807) is 4.90 Å². The van der Waals surface area contributed by atoms with Gasteiger partial charge in [-0.15, -0.1) is 11.3 Å². The lowest BCUT2D eigenvalue weighted by atomic mass is 9.97. The van der Waals surface area contributed by atoms with Crippen LogP contribution in [0.2, 0.25) is 0 Å². The van der Waals surface area contributed by atoms with Crippen molar-refractivity contribution in [3.63, 3.8) is 0 Å². The Hall–Kier alpha value is -3.55. The highest BCUT2D eigenvalue weighted by Crippen LogP contribution is 2.32. The molecule has 2 aliphatic rings. The molecule has 208 valence electrons. The molecule has 1 amide bonds. The molecule has 0 radical (unpaired) electrons. The minimum atomic E-state index is -4.56. The van der Waals surface area contributed by atoms with Crippen LogP contribution < -0.4 is 4.74 Å². The molecule has 1 saturated heterocycles. The van der Waals surface area contributed by atoms with Gasteiger partial charge in [-0.05, 0) is 38.0 Å². The first-order chi connectivity index (χ1) is 18.6. The minimum Gasteiger partial charge on any atom is -0.484 e. The molecule has 1 aromatic carbocycles. The first kappa shape index (κ1) is 27.0. The van der Waals surface area contributed by atoms with Crippen LogP contribution in [0.4, 0.5) is 22.0 Å². The van der Waals surface area contributed by atoms with Crippen LogP contribution in [0.5, 0.6) is 5.75 Å². The molecule has 14 heteroatoms. The van der Waals surface area contributed by atoms with Gasteiger partial charge >= 0.3 is 6.18 Å². The van der Waals surface area contributed by atoms with Gasteiger partial charge in [0.05, 0.1) is 10.7 Å². The SMILES string of the molecule is Cc1cc(C(F)(F)F)nn1CC(=O)N1CCC(c2nc(C3=NOC(COc4c(F)cccc4F)C3)cs2)CC1. The van der Waals surface area contributed by atoms with Gasteiger partial charge in [0.25, 0.3) is 0 Å². The predicted molar refractivity (Wildman–Crippen MR) is 131 cm³/mol. The zero-order valence-electron chi connectivity index (χ0n) is 20.8. The van der Waals surface area contributed by atoms with Crippen LogP contribution in [-0.2, 0) is 22.4 Å². The smallest absolute Gasteiger partial charge is 0.435 e. The van der Waals surface area contributed by atoms with Gasteiger partial charge in [0, 0.05) is 36.5 Å². The van der Waals surface area contributed by atoms with E-state index in [0.717, 1.165) is 27.9 Å². The summed E-state index contributed by atoms with van der Waals surface area (Å²) in [6.45, 7) is 2.08. The van der Waals surface area contributed by atoms with Crippen LogP contribution in [0.1, 0.15) is 47.3 Å². The molecule has 2 aromatic heterocycles. The fraction of sp³-hybridized carbons (Fsp3) is 0.440. The number of rotatable bonds is 7. The Morgan fingerprint density at radius 3 is 2.59 bits per heavy atom. The Morgan fingerprint density at radius 1 is 1.21 bits per heavy atom. The number of oxime groups is 1. The average Bonchev–Trinajstić information content (AvgIpc) is 3.64. The van der Waals surface area contributed by atoms with Crippen molar-refractivity contribution in [2.75, 3.05) is 19.7 Å². The number of carbonyl (C=O) groups is 1. The molecule has 0 aliphatic carbocycles. The summed E-state index contributed by atoms with van der Waals surface area (Å²) >= 11 is 1.48. The second-order valence-corrected chi connectivity index (χ2v) is 10.3. The number of aromatic nitrogens is 3. The first-order valence-corrected chi connectivity index (χ1v) is 13.1. The Kier molecular flexibility index (Phi) is 7.56. The molecule has 8 nitrogen and oxygen atoms in total. The summed E-state index contributed by atoms with van der Waals surface area (Å²) in [5.74, 6) is -2.20. The summed E-state index contributed by atoms with van der Waals surface area (Å²) < 4.78 is 72.6. The number of aryl methyl sites for hydroxylation is 1. The summed E-state index contributed by atoms with van der Waals surface area (Å²) in [7, 11) is 0. The highest BCUT2D eigenvalue weighted by Gasteiger charge is 2.35. The third kappa shape index (κ3) is 6.05. The number of ether oxygens (including phenoxy) is 1. The third-order valence-electron chi connectivity index (χ3n) is 6.64. The number of nitrogens with zero attached hydrogens (tertiary/aromatic N) is 5. The van der Waals surface area contributed by atoms with Crippen LogP contribution in [0, 0.1) is 18.6 Å². The minimum absolute atomic E-state index is 0.0795. The Balaban J connectivity index is 1.11. The lowest BCUT2D eigenvalue weighted by molar-refractivity contribution is -0.142. The number of piperidine rings is 1. The maximum absolute atomic E-state index is 13.8. The van der Waals surface area contributed by atoms with Crippen molar-refractivity contribution >= 4 is 23.0 Å². The quantitative estimate of drug-likeness (QED) is 0.378. The zero-order valence-corrected chi connectivity index (χ0v) is 21.6. The van der Waals surface area contributed by atoms with Crippen LogP contribution in [-0.4, -0.2) is 57.1 Å². The summed E-state index contributed by atoms with van der Waals surface area (Å²) in [6.07, 6.45) is -3.37. The second kappa shape index (κ2) is 10.9. The molecule has 0 N–H and O–H groups in total. The molecule has 3 aromatic rings. The van der Waals surface area contributed by atoms with E-state index in [2.05, 4.69) is 10.3 Å². The fourth-order valence-electron chi connectivity index (χ4n) is 4.49. The fourth-order valence-corrected chi connectivity index (χ4v) is 5.49. The van der Waals surface area contributed by atoms with E-state index in [1.807, 2.05) is 5.38 Å². The van der Waals surface area contributed by atoms with E-state index < -0.39 is 35.4 Å². The maximum atomic E-state index is 13.8. The number of likely N-dealkylation sites (tertiary alicyclic amines) is 1. The summed E-state index contributed by atoms with van der Waals surface area (Å²) in [5, 5.41) is 10.4. The largest absolute Gasteiger partial charge is 0.484 e. The van der Waals surface area contributed by atoms with E-state index in [4.69, 9.17) is 14.6 Å². The van der Waals surface area contributed by atoms with Gasteiger partial charge in [0.1, 0.15) is 18.9 Å². The van der Waals surface area contributed by atoms with Crippen molar-refractivity contribution in [1.82, 2.24) is 19.7 Å². The molecule has 0 bridgehead atoms. The van der Waals surface area contributed by atoms with Crippen molar-refractivity contribution in [1.29, 1.82) is 0 Å². The molecule has 1 unspecified atom stereocenters. The monoisotopic (exact) mass is 569 g/mol. The number of benzene rings is 1. The van der Waals surface area contributed by atoms with Gasteiger partial charge in [-0.3, -0.25) is 9.48 Å². The molecule has 5 rings (SSSR count). The lowest BCUT2D eigenvalue weighted by Gasteiger charge is -2.31. The number of carbonyl (C=O) groups excluding carboxylic acids is 1. The third-order valence-corrected chi connectivity index (χ3v) is 7.64. The van der Waals surface area contributed by atoms with Crippen molar-refractivity contribution in [2.45, 2.75) is 50.9 Å². The summed E-state index contributed by atoms with van der Waals surface area (Å²) in [4.78, 5) is 24.4. The molecule has 1 fully saturated rings. The number of amides is 1. The number of halogens is 5. The Bertz CT molecular complexity index is 1360. The second-order valence-electron chi connectivity index (χ2n) is 9.38. The van der Waals surface area contributed by atoms with Crippen LogP contribution in [0.3, 0.4) is 0 Å². The summed E-state index contributed by atoms with van der Waals surface area (Å²) in [6, 6.07) is 4.41. The molecular weight excluding hydrogens is 545 g/mol. The van der Waals surface area contributed by atoms with Gasteiger partial charge in [-0.25, -0.2) is 13.8 Å². The number of thiazole rings is 1. The standard InChI is InChI=1S/C25H24F5N5O3S/c1-14-9-21(25(28,29)30)32-35(14)11-22(36)34-7-5-15(6-8-34)24-31-20(13-39-24)19-10-16(38-33-19)12-37-23-17(26)3-2-4-18(23)27/h2-4,9,13,15-16H,5-8,10-12H2,1H3. The van der Waals surface area contributed by atoms with E-state index >= 15 is 0 Å². The van der Waals surface area contributed by atoms with Crippen LogP contribution in [0.15, 0.2) is 34.8 Å². The number of para-hydroxylation sites is 1. The molecule has 0 saturated carbocycles. The Labute approximate surface area is 224 Å². The Morgan fingerprint density at radius 2 is 1.92 bits per heavy atom. The van der Waals surface area contributed by atoms with Crippen molar-refractivity contribution in [3.05, 3.63) is 63.4 Å². The predicted octanol–water partition coefficient (Wildman–Crippen LogP) is 4.92. The van der Waals surface area contributed by atoms with Crippen LogP contribution >= 0.6 is 11.3 Å². The van der Waals surface area contributed by atoms with Gasteiger partial charge in [0.15, 0.2) is 29.2 Å². The average molecular weight is 570 g/mol. The van der Waals surface area contributed by atoms with Crippen molar-refractivity contribution in [2.24, 2.45) is 5.16 Å². The molecule has 4 heterocycles. The highest BCUT2D eigenvalue weighted by atomic mass is 32.1. The zero-order chi connectivity index (χ0) is 27.7. The number of hydrogen-bond donors (Lipinski definition) is 0. The van der Waals surface area contributed by atoms with E-state index in [0.29, 0.717) is 43.8 Å². The highest BCUT2D eigenvalue weighted by molar-refractivity contribution is 7.10.